The van der Waals surface area contributed by atoms with Gasteiger partial charge in [-0.25, -0.2) is 4.98 Å². The number of carbonyl (C=O) groups is 1. The van der Waals surface area contributed by atoms with Crippen LogP contribution in [-0.2, 0) is 0 Å². The van der Waals surface area contributed by atoms with Crippen molar-refractivity contribution in [3.8, 4) is 5.75 Å². The molecule has 0 aliphatic carbocycles. The van der Waals surface area contributed by atoms with E-state index in [1.807, 2.05) is 53.4 Å². The van der Waals surface area contributed by atoms with Gasteiger partial charge in [-0.1, -0.05) is 12.1 Å². The second-order valence-electron chi connectivity index (χ2n) is 6.38. The van der Waals surface area contributed by atoms with Crippen molar-refractivity contribution in [2.45, 2.75) is 25.3 Å². The van der Waals surface area contributed by atoms with E-state index in [4.69, 9.17) is 9.72 Å². The highest BCUT2D eigenvalue weighted by Crippen LogP contribution is 2.32. The molecule has 1 aliphatic rings. The first kappa shape index (κ1) is 15.7. The van der Waals surface area contributed by atoms with E-state index in [-0.39, 0.29) is 11.9 Å². The summed E-state index contributed by atoms with van der Waals surface area (Å²) >= 11 is 0. The average molecular weight is 335 g/mol. The van der Waals surface area contributed by atoms with Crippen LogP contribution in [0.5, 0.6) is 5.75 Å². The monoisotopic (exact) mass is 335 g/mol. The molecule has 5 nitrogen and oxygen atoms in total. The fourth-order valence-corrected chi connectivity index (χ4v) is 3.49. The summed E-state index contributed by atoms with van der Waals surface area (Å²) in [4.78, 5) is 23.1. The molecule has 0 bridgehead atoms. The van der Waals surface area contributed by atoms with Crippen molar-refractivity contribution in [1.29, 1.82) is 0 Å². The normalized spacial score (nSPS) is 17.6. The quantitative estimate of drug-likeness (QED) is 0.789. The Morgan fingerprint density at radius 1 is 1.16 bits per heavy atom. The van der Waals surface area contributed by atoms with E-state index >= 15 is 0 Å². The fourth-order valence-electron chi connectivity index (χ4n) is 3.49. The van der Waals surface area contributed by atoms with Crippen LogP contribution in [0, 0.1) is 0 Å². The van der Waals surface area contributed by atoms with Gasteiger partial charge in [0, 0.05) is 12.1 Å². The van der Waals surface area contributed by atoms with E-state index in [1.165, 1.54) is 0 Å². The Morgan fingerprint density at radius 2 is 1.96 bits per heavy atom. The van der Waals surface area contributed by atoms with Crippen LogP contribution in [0.4, 0.5) is 0 Å². The summed E-state index contributed by atoms with van der Waals surface area (Å²) < 4.78 is 5.18. The number of methoxy groups -OCH3 is 1. The summed E-state index contributed by atoms with van der Waals surface area (Å²) in [5.74, 6) is 1.68. The van der Waals surface area contributed by atoms with Crippen LogP contribution < -0.4 is 4.74 Å². The molecule has 1 fully saturated rings. The van der Waals surface area contributed by atoms with Crippen LogP contribution in [0.3, 0.4) is 0 Å². The van der Waals surface area contributed by atoms with Crippen molar-refractivity contribution in [3.63, 3.8) is 0 Å². The highest BCUT2D eigenvalue weighted by Gasteiger charge is 2.30. The number of benzene rings is 2. The van der Waals surface area contributed by atoms with Crippen molar-refractivity contribution >= 4 is 16.9 Å². The van der Waals surface area contributed by atoms with E-state index in [9.17, 15) is 4.79 Å². The number of amides is 1. The molecule has 0 spiro atoms. The number of H-pyrrole nitrogens is 1. The van der Waals surface area contributed by atoms with E-state index < -0.39 is 0 Å². The van der Waals surface area contributed by atoms with Crippen molar-refractivity contribution in [1.82, 2.24) is 14.9 Å². The molecule has 5 heteroatoms. The predicted molar refractivity (Wildman–Crippen MR) is 96.7 cm³/mol. The third-order valence-corrected chi connectivity index (χ3v) is 4.82. The van der Waals surface area contributed by atoms with Crippen LogP contribution in [0.25, 0.3) is 11.0 Å². The second kappa shape index (κ2) is 6.59. The molecular formula is C20H21N3O2. The highest BCUT2D eigenvalue weighted by molar-refractivity contribution is 5.94. The van der Waals surface area contributed by atoms with Gasteiger partial charge >= 0.3 is 0 Å². The van der Waals surface area contributed by atoms with Crippen LogP contribution in [0.1, 0.15) is 41.5 Å². The van der Waals surface area contributed by atoms with Crippen molar-refractivity contribution in [3.05, 3.63) is 59.9 Å². The second-order valence-corrected chi connectivity index (χ2v) is 6.38. The number of nitrogens with one attached hydrogen (secondary N) is 1. The fraction of sp³-hybridized carbons (Fsp3) is 0.300. The van der Waals surface area contributed by atoms with Crippen LogP contribution >= 0.6 is 0 Å². The zero-order valence-electron chi connectivity index (χ0n) is 14.2. The molecule has 1 aliphatic heterocycles. The lowest BCUT2D eigenvalue weighted by atomic mass is 10.00. The largest absolute Gasteiger partial charge is 0.497 e. The molecule has 4 rings (SSSR count). The third kappa shape index (κ3) is 2.97. The maximum absolute atomic E-state index is 13.0. The van der Waals surface area contributed by atoms with Crippen LogP contribution in [-0.4, -0.2) is 34.4 Å². The molecule has 3 aromatic rings. The minimum Gasteiger partial charge on any atom is -0.497 e. The first-order valence-corrected chi connectivity index (χ1v) is 8.66. The summed E-state index contributed by atoms with van der Waals surface area (Å²) in [5, 5.41) is 0. The Morgan fingerprint density at radius 3 is 2.72 bits per heavy atom. The molecule has 1 aromatic heterocycles. The van der Waals surface area contributed by atoms with Crippen molar-refractivity contribution in [2.24, 2.45) is 0 Å². The SMILES string of the molecule is COc1ccc(C(=O)N2CCCC[C@H]2c2nc3ccccc3[nH]2)cc1. The van der Waals surface area contributed by atoms with Gasteiger partial charge in [-0.15, -0.1) is 0 Å². The van der Waals surface area contributed by atoms with E-state index in [2.05, 4.69) is 4.98 Å². The summed E-state index contributed by atoms with van der Waals surface area (Å²) in [6.45, 7) is 0.757. The standard InChI is InChI=1S/C20H21N3O2/c1-25-15-11-9-14(10-12-15)20(24)23-13-5-4-8-18(23)19-21-16-6-2-3-7-17(16)22-19/h2-3,6-7,9-12,18H,4-5,8,13H2,1H3,(H,21,22)/t18-/m0/s1. The number of hydrogen-bond donors (Lipinski definition) is 1. The van der Waals surface area contributed by atoms with Crippen LogP contribution in [0.2, 0.25) is 0 Å². The van der Waals surface area contributed by atoms with Gasteiger partial charge in [0.2, 0.25) is 0 Å². The summed E-state index contributed by atoms with van der Waals surface area (Å²) in [5.41, 5.74) is 2.64. The summed E-state index contributed by atoms with van der Waals surface area (Å²) in [7, 11) is 1.62. The van der Waals surface area contributed by atoms with Gasteiger partial charge in [-0.2, -0.15) is 0 Å². The number of likely N-dealkylation sites (tertiary alicyclic amines) is 1. The summed E-state index contributed by atoms with van der Waals surface area (Å²) in [6, 6.07) is 15.3. The number of ether oxygens (including phenoxy) is 1. The Labute approximate surface area is 146 Å². The molecule has 2 heterocycles. The Hall–Kier alpha value is -2.82. The predicted octanol–water partition coefficient (Wildman–Crippen LogP) is 3.94. The topological polar surface area (TPSA) is 58.2 Å². The summed E-state index contributed by atoms with van der Waals surface area (Å²) in [6.07, 6.45) is 3.06. The lowest BCUT2D eigenvalue weighted by Gasteiger charge is -2.34. The molecule has 0 radical (unpaired) electrons. The molecule has 128 valence electrons. The number of imidazole rings is 1. The number of fused-ring (bicyclic) bond motifs is 1. The Kier molecular flexibility index (Phi) is 4.14. The number of hydrogen-bond acceptors (Lipinski definition) is 3. The lowest BCUT2D eigenvalue weighted by molar-refractivity contribution is 0.0601. The molecule has 2 aromatic carbocycles. The number of nitrogens with zero attached hydrogens (tertiary/aromatic N) is 2. The number of aromatic amines is 1. The van der Waals surface area contributed by atoms with Gasteiger partial charge in [0.15, 0.2) is 0 Å². The van der Waals surface area contributed by atoms with Gasteiger partial charge in [-0.3, -0.25) is 4.79 Å². The van der Waals surface area contributed by atoms with Crippen LogP contribution in [0.15, 0.2) is 48.5 Å². The lowest BCUT2D eigenvalue weighted by Crippen LogP contribution is -2.39. The smallest absolute Gasteiger partial charge is 0.254 e. The molecule has 0 saturated carbocycles. The maximum atomic E-state index is 13.0. The minimum atomic E-state index is -0.00393. The van der Waals surface area contributed by atoms with E-state index in [1.54, 1.807) is 7.11 Å². The van der Waals surface area contributed by atoms with Gasteiger partial charge in [0.1, 0.15) is 11.6 Å². The molecule has 25 heavy (non-hydrogen) atoms. The Bertz CT molecular complexity index is 852. The first-order valence-electron chi connectivity index (χ1n) is 8.66. The molecule has 1 saturated heterocycles. The van der Waals surface area contributed by atoms with Gasteiger partial charge in [0.25, 0.3) is 5.91 Å². The van der Waals surface area contributed by atoms with Gasteiger partial charge in [0.05, 0.1) is 24.2 Å². The molecule has 1 atom stereocenters. The number of carbonyl (C=O) groups excluding carboxylic acids is 1. The average Bonchev–Trinajstić information content (AvgIpc) is 3.11. The van der Waals surface area contributed by atoms with E-state index in [0.29, 0.717) is 5.56 Å². The molecule has 0 unspecified atom stereocenters. The molecular weight excluding hydrogens is 314 g/mol. The number of para-hydroxylation sites is 2. The Balaban J connectivity index is 1.64. The first-order chi connectivity index (χ1) is 12.3. The van der Waals surface area contributed by atoms with Crippen molar-refractivity contribution < 1.29 is 9.53 Å². The number of aromatic nitrogens is 2. The van der Waals surface area contributed by atoms with E-state index in [0.717, 1.165) is 48.4 Å². The number of rotatable bonds is 3. The number of piperidine rings is 1. The molecule has 1 N–H and O–H groups in total. The van der Waals surface area contributed by atoms with Gasteiger partial charge in [-0.05, 0) is 55.7 Å². The van der Waals surface area contributed by atoms with Crippen molar-refractivity contribution in [2.75, 3.05) is 13.7 Å². The maximum Gasteiger partial charge on any atom is 0.254 e. The zero-order chi connectivity index (χ0) is 17.2. The minimum absolute atomic E-state index is 0.00393. The zero-order valence-corrected chi connectivity index (χ0v) is 14.2. The highest BCUT2D eigenvalue weighted by atomic mass is 16.5. The molecule has 1 amide bonds. The third-order valence-electron chi connectivity index (χ3n) is 4.82. The van der Waals surface area contributed by atoms with Gasteiger partial charge < -0.3 is 14.6 Å².